The number of esters is 1. The SMILES string of the molecule is COCc1cc(-c2nc(C(C)(C)C)c(C(=O)OC)o2)no1. The number of carbonyl (C=O) groups is 1. The van der Waals surface area contributed by atoms with Crippen molar-refractivity contribution in [2.24, 2.45) is 0 Å². The quantitative estimate of drug-likeness (QED) is 0.801. The van der Waals surface area contributed by atoms with Crippen LogP contribution < -0.4 is 0 Å². The molecular weight excluding hydrogens is 276 g/mol. The van der Waals surface area contributed by atoms with Crippen molar-refractivity contribution >= 4 is 5.97 Å². The molecule has 0 aliphatic rings. The summed E-state index contributed by atoms with van der Waals surface area (Å²) in [5.41, 5.74) is 0.549. The first-order valence-corrected chi connectivity index (χ1v) is 6.41. The van der Waals surface area contributed by atoms with Gasteiger partial charge in [-0.25, -0.2) is 9.78 Å². The van der Waals surface area contributed by atoms with Gasteiger partial charge in [-0.15, -0.1) is 0 Å². The first kappa shape index (κ1) is 15.2. The van der Waals surface area contributed by atoms with Crippen molar-refractivity contribution in [1.29, 1.82) is 0 Å². The number of nitrogens with zero attached hydrogens (tertiary/aromatic N) is 2. The average Bonchev–Trinajstić information content (AvgIpc) is 3.03. The molecule has 0 amide bonds. The summed E-state index contributed by atoms with van der Waals surface area (Å²) in [7, 11) is 2.85. The highest BCUT2D eigenvalue weighted by Crippen LogP contribution is 2.30. The molecule has 0 unspecified atom stereocenters. The molecule has 2 rings (SSSR count). The third kappa shape index (κ3) is 3.13. The Morgan fingerprint density at radius 1 is 1.33 bits per heavy atom. The van der Waals surface area contributed by atoms with Crippen LogP contribution in [0.15, 0.2) is 15.0 Å². The van der Waals surface area contributed by atoms with Gasteiger partial charge in [0.1, 0.15) is 12.3 Å². The van der Waals surface area contributed by atoms with E-state index in [4.69, 9.17) is 18.4 Å². The normalized spacial score (nSPS) is 11.7. The van der Waals surface area contributed by atoms with Crippen LogP contribution in [0.5, 0.6) is 0 Å². The third-order valence-electron chi connectivity index (χ3n) is 2.77. The highest BCUT2D eigenvalue weighted by atomic mass is 16.5. The van der Waals surface area contributed by atoms with Crippen molar-refractivity contribution in [3.8, 4) is 11.6 Å². The minimum Gasteiger partial charge on any atom is -0.463 e. The van der Waals surface area contributed by atoms with Crippen LogP contribution in [0, 0.1) is 0 Å². The summed E-state index contributed by atoms with van der Waals surface area (Å²) in [5.74, 6) is 0.268. The lowest BCUT2D eigenvalue weighted by Crippen LogP contribution is -2.17. The number of rotatable bonds is 4. The van der Waals surface area contributed by atoms with E-state index < -0.39 is 5.97 Å². The standard InChI is InChI=1S/C14H18N2O5/c1-14(2,3)11-10(13(17)19-5)20-12(15-11)9-6-8(7-18-4)21-16-9/h6H,7H2,1-5H3. The molecule has 2 aromatic rings. The first-order valence-electron chi connectivity index (χ1n) is 6.41. The number of hydrogen-bond donors (Lipinski definition) is 0. The monoisotopic (exact) mass is 294 g/mol. The Bertz CT molecular complexity index is 636. The smallest absolute Gasteiger partial charge is 0.376 e. The molecular formula is C14H18N2O5. The van der Waals surface area contributed by atoms with E-state index in [2.05, 4.69) is 10.1 Å². The second kappa shape index (κ2) is 5.69. The molecule has 0 atom stereocenters. The van der Waals surface area contributed by atoms with E-state index in [-0.39, 0.29) is 17.1 Å². The van der Waals surface area contributed by atoms with Gasteiger partial charge in [-0.3, -0.25) is 0 Å². The van der Waals surface area contributed by atoms with Crippen LogP contribution in [0.3, 0.4) is 0 Å². The van der Waals surface area contributed by atoms with Gasteiger partial charge in [-0.1, -0.05) is 25.9 Å². The Hall–Kier alpha value is -2.15. The lowest BCUT2D eigenvalue weighted by Gasteiger charge is -2.15. The topological polar surface area (TPSA) is 87.6 Å². The fourth-order valence-corrected chi connectivity index (χ4v) is 1.79. The summed E-state index contributed by atoms with van der Waals surface area (Å²) in [6.07, 6.45) is 0. The van der Waals surface area contributed by atoms with Crippen molar-refractivity contribution in [3.63, 3.8) is 0 Å². The Balaban J connectivity index is 2.45. The van der Waals surface area contributed by atoms with Crippen LogP contribution in [0.4, 0.5) is 0 Å². The van der Waals surface area contributed by atoms with E-state index in [1.807, 2.05) is 20.8 Å². The van der Waals surface area contributed by atoms with Gasteiger partial charge in [0, 0.05) is 18.6 Å². The molecule has 0 saturated heterocycles. The van der Waals surface area contributed by atoms with Crippen LogP contribution in [-0.4, -0.2) is 30.3 Å². The van der Waals surface area contributed by atoms with Crippen LogP contribution in [0.1, 0.15) is 42.8 Å². The second-order valence-corrected chi connectivity index (χ2v) is 5.55. The molecule has 0 radical (unpaired) electrons. The van der Waals surface area contributed by atoms with Crippen LogP contribution in [-0.2, 0) is 21.5 Å². The summed E-state index contributed by atoms with van der Waals surface area (Å²) in [5, 5.41) is 3.86. The lowest BCUT2D eigenvalue weighted by atomic mass is 9.91. The van der Waals surface area contributed by atoms with Crippen LogP contribution in [0.2, 0.25) is 0 Å². The van der Waals surface area contributed by atoms with Gasteiger partial charge in [0.15, 0.2) is 11.5 Å². The molecule has 0 saturated carbocycles. The first-order chi connectivity index (χ1) is 9.86. The number of aromatic nitrogens is 2. The molecule has 7 nitrogen and oxygen atoms in total. The maximum Gasteiger partial charge on any atom is 0.376 e. The van der Waals surface area contributed by atoms with E-state index in [1.54, 1.807) is 13.2 Å². The Morgan fingerprint density at radius 2 is 2.05 bits per heavy atom. The molecule has 2 aromatic heterocycles. The molecule has 0 spiro atoms. The van der Waals surface area contributed by atoms with Gasteiger partial charge in [0.25, 0.3) is 0 Å². The predicted octanol–water partition coefficient (Wildman–Crippen LogP) is 2.56. The van der Waals surface area contributed by atoms with Gasteiger partial charge in [0.2, 0.25) is 11.7 Å². The van der Waals surface area contributed by atoms with Gasteiger partial charge in [0.05, 0.1) is 7.11 Å². The Labute approximate surface area is 122 Å². The Morgan fingerprint density at radius 3 is 2.62 bits per heavy atom. The summed E-state index contributed by atoms with van der Waals surface area (Å²) in [6.45, 7) is 6.09. The fourth-order valence-electron chi connectivity index (χ4n) is 1.79. The number of ether oxygens (including phenoxy) is 2. The number of hydrogen-bond acceptors (Lipinski definition) is 7. The van der Waals surface area contributed by atoms with Gasteiger partial charge < -0.3 is 18.4 Å². The number of methoxy groups -OCH3 is 2. The predicted molar refractivity (Wildman–Crippen MR) is 72.8 cm³/mol. The van der Waals surface area contributed by atoms with Crippen molar-refractivity contribution < 1.29 is 23.2 Å². The Kier molecular flexibility index (Phi) is 4.13. The average molecular weight is 294 g/mol. The van der Waals surface area contributed by atoms with Crippen LogP contribution >= 0.6 is 0 Å². The molecule has 0 aliphatic carbocycles. The molecule has 2 heterocycles. The highest BCUT2D eigenvalue weighted by molar-refractivity contribution is 5.88. The van der Waals surface area contributed by atoms with Crippen LogP contribution in [0.25, 0.3) is 11.6 Å². The van der Waals surface area contributed by atoms with E-state index in [0.29, 0.717) is 23.8 Å². The maximum absolute atomic E-state index is 11.8. The fraction of sp³-hybridized carbons (Fsp3) is 0.500. The molecule has 0 fully saturated rings. The third-order valence-corrected chi connectivity index (χ3v) is 2.77. The molecule has 0 aliphatic heterocycles. The zero-order valence-electron chi connectivity index (χ0n) is 12.7. The largest absolute Gasteiger partial charge is 0.463 e. The summed E-state index contributed by atoms with van der Waals surface area (Å²) in [6, 6.07) is 1.66. The van der Waals surface area contributed by atoms with Crippen molar-refractivity contribution in [1.82, 2.24) is 10.1 Å². The molecule has 0 N–H and O–H groups in total. The van der Waals surface area contributed by atoms with Gasteiger partial charge in [-0.2, -0.15) is 0 Å². The number of oxazole rings is 1. The summed E-state index contributed by atoms with van der Waals surface area (Å²) in [4.78, 5) is 16.2. The summed E-state index contributed by atoms with van der Waals surface area (Å²) >= 11 is 0. The van der Waals surface area contributed by atoms with E-state index in [9.17, 15) is 4.79 Å². The lowest BCUT2D eigenvalue weighted by molar-refractivity contribution is 0.0562. The molecule has 21 heavy (non-hydrogen) atoms. The van der Waals surface area contributed by atoms with Crippen molar-refractivity contribution in [3.05, 3.63) is 23.3 Å². The van der Waals surface area contributed by atoms with Crippen molar-refractivity contribution in [2.75, 3.05) is 14.2 Å². The molecule has 114 valence electrons. The van der Waals surface area contributed by atoms with E-state index in [0.717, 1.165) is 0 Å². The maximum atomic E-state index is 11.8. The summed E-state index contributed by atoms with van der Waals surface area (Å²) < 4.78 is 20.3. The number of carbonyl (C=O) groups excluding carboxylic acids is 1. The van der Waals surface area contributed by atoms with E-state index >= 15 is 0 Å². The van der Waals surface area contributed by atoms with Crippen molar-refractivity contribution in [2.45, 2.75) is 32.8 Å². The molecule has 0 aromatic carbocycles. The zero-order valence-corrected chi connectivity index (χ0v) is 12.7. The molecule has 0 bridgehead atoms. The highest BCUT2D eigenvalue weighted by Gasteiger charge is 2.30. The second-order valence-electron chi connectivity index (χ2n) is 5.55. The molecule has 7 heteroatoms. The minimum atomic E-state index is -0.570. The van der Waals surface area contributed by atoms with Gasteiger partial charge in [-0.05, 0) is 0 Å². The minimum absolute atomic E-state index is 0.0799. The van der Waals surface area contributed by atoms with E-state index in [1.165, 1.54) is 7.11 Å². The van der Waals surface area contributed by atoms with Gasteiger partial charge >= 0.3 is 5.97 Å². The zero-order chi connectivity index (χ0) is 15.6.